The minimum atomic E-state index is -1.23. The number of carbonyl (C=O) groups is 5. The Kier molecular flexibility index (Phi) is 11.1. The van der Waals surface area contributed by atoms with E-state index in [0.29, 0.717) is 5.69 Å². The molecule has 13 heteroatoms. The Morgan fingerprint density at radius 2 is 0.902 bits per heavy atom. The molecule has 0 aliphatic carbocycles. The molecule has 0 spiro atoms. The fourth-order valence-electron chi connectivity index (χ4n) is 4.56. The van der Waals surface area contributed by atoms with Gasteiger partial charge in [0.15, 0.2) is 0 Å². The van der Waals surface area contributed by atoms with Crippen molar-refractivity contribution in [1.29, 1.82) is 0 Å². The highest BCUT2D eigenvalue weighted by atomic mass is 16.4. The summed E-state index contributed by atoms with van der Waals surface area (Å²) in [6.45, 7) is -2.25. The Hall–Kier alpha value is -4.59. The average molecular weight is 569 g/mol. The van der Waals surface area contributed by atoms with Crippen molar-refractivity contribution in [2.45, 2.75) is 0 Å². The van der Waals surface area contributed by atoms with Crippen LogP contribution in [0, 0.1) is 0 Å². The number of carboxylic acids is 4. The number of aliphatic carboxylic acids is 4. The molecule has 0 bridgehead atoms. The van der Waals surface area contributed by atoms with Crippen LogP contribution in [0.5, 0.6) is 0 Å². The molecular weight excluding hydrogens is 536 g/mol. The zero-order chi connectivity index (χ0) is 29.9. The van der Waals surface area contributed by atoms with Crippen LogP contribution < -0.4 is 5.32 Å². The van der Waals surface area contributed by atoms with E-state index in [1.807, 2.05) is 54.6 Å². The third kappa shape index (κ3) is 9.83. The fraction of sp³-hybridized carbons (Fsp3) is 0.321. The lowest BCUT2D eigenvalue weighted by atomic mass is 10.0. The number of anilines is 1. The number of fused-ring (bicyclic) bond motifs is 2. The van der Waals surface area contributed by atoms with Crippen molar-refractivity contribution in [3.05, 3.63) is 54.6 Å². The summed E-state index contributed by atoms with van der Waals surface area (Å²) >= 11 is 0. The molecule has 3 aromatic carbocycles. The van der Waals surface area contributed by atoms with Gasteiger partial charge in [0.05, 0.1) is 38.4 Å². The molecule has 3 rings (SSSR count). The summed E-state index contributed by atoms with van der Waals surface area (Å²) in [4.78, 5) is 62.2. The van der Waals surface area contributed by atoms with Crippen LogP contribution in [0.15, 0.2) is 54.6 Å². The van der Waals surface area contributed by atoms with E-state index in [1.54, 1.807) is 0 Å². The highest BCUT2D eigenvalue weighted by molar-refractivity contribution is 6.15. The van der Waals surface area contributed by atoms with Crippen molar-refractivity contribution < 1.29 is 44.4 Å². The van der Waals surface area contributed by atoms with Gasteiger partial charge in [-0.3, -0.25) is 38.7 Å². The molecule has 0 fully saturated rings. The molecule has 5 N–H and O–H groups in total. The normalized spacial score (nSPS) is 11.4. The molecule has 0 aromatic heterocycles. The second-order valence-corrected chi connectivity index (χ2v) is 9.51. The molecule has 0 saturated carbocycles. The minimum Gasteiger partial charge on any atom is -0.480 e. The highest BCUT2D eigenvalue weighted by Gasteiger charge is 2.20. The molecule has 0 aliphatic rings. The molecular formula is C28H32N4O9. The maximum Gasteiger partial charge on any atom is 0.317 e. The summed E-state index contributed by atoms with van der Waals surface area (Å²) in [5.41, 5.74) is 0.600. The predicted octanol–water partition coefficient (Wildman–Crippen LogP) is 1.18. The van der Waals surface area contributed by atoms with E-state index < -0.39 is 56.0 Å². The molecule has 218 valence electrons. The quantitative estimate of drug-likeness (QED) is 0.147. The lowest BCUT2D eigenvalue weighted by Gasteiger charge is -2.27. The third-order valence-electron chi connectivity index (χ3n) is 6.30. The molecule has 41 heavy (non-hydrogen) atoms. The number of amides is 1. The molecule has 0 unspecified atom stereocenters. The van der Waals surface area contributed by atoms with E-state index in [0.717, 1.165) is 26.4 Å². The molecule has 0 aliphatic heterocycles. The van der Waals surface area contributed by atoms with Gasteiger partial charge < -0.3 is 25.7 Å². The van der Waals surface area contributed by atoms with Gasteiger partial charge in [0, 0.05) is 37.0 Å². The number of carboxylic acid groups (broad SMARTS) is 4. The Labute approximate surface area is 235 Å². The number of benzene rings is 3. The summed E-state index contributed by atoms with van der Waals surface area (Å²) in [5, 5.41) is 43.2. The van der Waals surface area contributed by atoms with Gasteiger partial charge in [-0.25, -0.2) is 0 Å². The average Bonchev–Trinajstić information content (AvgIpc) is 2.88. The van der Waals surface area contributed by atoms with Crippen LogP contribution in [0.25, 0.3) is 21.5 Å². The molecule has 1 amide bonds. The first-order valence-electron chi connectivity index (χ1n) is 12.8. The maximum absolute atomic E-state index is 13.2. The number of nitrogens with zero attached hydrogens (tertiary/aromatic N) is 3. The largest absolute Gasteiger partial charge is 0.480 e. The molecule has 13 nitrogen and oxygen atoms in total. The highest BCUT2D eigenvalue weighted by Crippen LogP contribution is 2.32. The van der Waals surface area contributed by atoms with Gasteiger partial charge in [-0.15, -0.1) is 0 Å². The maximum atomic E-state index is 13.2. The monoisotopic (exact) mass is 568 g/mol. The molecule has 0 saturated heterocycles. The minimum absolute atomic E-state index is 0.0150. The van der Waals surface area contributed by atoms with Crippen LogP contribution >= 0.6 is 0 Å². The Morgan fingerprint density at radius 3 is 1.34 bits per heavy atom. The summed E-state index contributed by atoms with van der Waals surface area (Å²) in [7, 11) is 0. The molecule has 3 aromatic rings. The van der Waals surface area contributed by atoms with Gasteiger partial charge in [0.1, 0.15) is 0 Å². The first-order chi connectivity index (χ1) is 19.5. The van der Waals surface area contributed by atoms with Gasteiger partial charge >= 0.3 is 23.9 Å². The second kappa shape index (κ2) is 14.7. The van der Waals surface area contributed by atoms with Crippen molar-refractivity contribution in [2.24, 2.45) is 0 Å². The van der Waals surface area contributed by atoms with Gasteiger partial charge in [-0.05, 0) is 16.8 Å². The van der Waals surface area contributed by atoms with Crippen molar-refractivity contribution in [3.8, 4) is 0 Å². The molecule has 0 radical (unpaired) electrons. The van der Waals surface area contributed by atoms with E-state index in [9.17, 15) is 34.2 Å². The zero-order valence-electron chi connectivity index (χ0n) is 22.2. The number of nitrogens with one attached hydrogen (secondary N) is 1. The van der Waals surface area contributed by atoms with Gasteiger partial charge in [0.2, 0.25) is 5.91 Å². The topological polar surface area (TPSA) is 188 Å². The van der Waals surface area contributed by atoms with Crippen LogP contribution in [-0.2, 0) is 24.0 Å². The van der Waals surface area contributed by atoms with Crippen LogP contribution in [-0.4, -0.2) is 124 Å². The summed E-state index contributed by atoms with van der Waals surface area (Å²) < 4.78 is 0. The standard InChI is InChI=1S/C28H32N4O9/c33-23(29-28-21-7-3-1-5-19(21)13-20-6-2-4-8-22(20)28)14-31(16-25(36)37)11-9-30(15-24(34)35)10-12-32(17-26(38)39)18-27(40)41/h1-8,13H,9-12,14-18H2,(H,29,33)(H,34,35)(H,36,37)(H,38,39)(H,40,41). The first-order valence-corrected chi connectivity index (χ1v) is 12.8. The fourth-order valence-corrected chi connectivity index (χ4v) is 4.56. The van der Waals surface area contributed by atoms with E-state index in [4.69, 9.17) is 10.2 Å². The lowest BCUT2D eigenvalue weighted by Crippen LogP contribution is -2.46. The number of carbonyl (C=O) groups excluding carboxylic acids is 1. The Balaban J connectivity index is 1.72. The number of hydrogen-bond donors (Lipinski definition) is 5. The predicted molar refractivity (Wildman–Crippen MR) is 150 cm³/mol. The van der Waals surface area contributed by atoms with E-state index in [2.05, 4.69) is 5.32 Å². The SMILES string of the molecule is O=C(O)CN(CCN(CC(=O)O)CC(=O)O)CCN(CC(=O)O)CC(=O)Nc1c2ccccc2cc2ccccc12. The van der Waals surface area contributed by atoms with Crippen molar-refractivity contribution >= 4 is 57.0 Å². The Morgan fingerprint density at radius 1 is 0.537 bits per heavy atom. The summed E-state index contributed by atoms with van der Waals surface area (Å²) in [6, 6.07) is 17.1. The van der Waals surface area contributed by atoms with Crippen molar-refractivity contribution in [1.82, 2.24) is 14.7 Å². The number of rotatable bonds is 17. The zero-order valence-corrected chi connectivity index (χ0v) is 22.2. The summed E-state index contributed by atoms with van der Waals surface area (Å²) in [5.74, 6) is -5.25. The van der Waals surface area contributed by atoms with E-state index in [-0.39, 0.29) is 32.7 Å². The van der Waals surface area contributed by atoms with Crippen LogP contribution in [0.3, 0.4) is 0 Å². The van der Waals surface area contributed by atoms with Crippen molar-refractivity contribution in [3.63, 3.8) is 0 Å². The van der Waals surface area contributed by atoms with Crippen LogP contribution in [0.1, 0.15) is 0 Å². The molecule has 0 heterocycles. The van der Waals surface area contributed by atoms with E-state index in [1.165, 1.54) is 9.80 Å². The van der Waals surface area contributed by atoms with Gasteiger partial charge in [-0.2, -0.15) is 0 Å². The van der Waals surface area contributed by atoms with E-state index >= 15 is 0 Å². The van der Waals surface area contributed by atoms with Gasteiger partial charge in [0.25, 0.3) is 0 Å². The lowest BCUT2D eigenvalue weighted by molar-refractivity contribution is -0.143. The molecule has 0 atom stereocenters. The van der Waals surface area contributed by atoms with Crippen LogP contribution in [0.4, 0.5) is 5.69 Å². The second-order valence-electron chi connectivity index (χ2n) is 9.51. The summed E-state index contributed by atoms with van der Waals surface area (Å²) in [6.07, 6.45) is 0. The van der Waals surface area contributed by atoms with Gasteiger partial charge in [-0.1, -0.05) is 48.5 Å². The third-order valence-corrected chi connectivity index (χ3v) is 6.30. The van der Waals surface area contributed by atoms with Crippen LogP contribution in [0.2, 0.25) is 0 Å². The first kappa shape index (κ1) is 30.9. The van der Waals surface area contributed by atoms with Crippen molar-refractivity contribution in [2.75, 3.05) is 64.2 Å². The Bertz CT molecular complexity index is 1360. The number of hydrogen-bond acceptors (Lipinski definition) is 8. The smallest absolute Gasteiger partial charge is 0.317 e.